The van der Waals surface area contributed by atoms with Crippen molar-refractivity contribution in [1.29, 1.82) is 0 Å². The lowest BCUT2D eigenvalue weighted by molar-refractivity contribution is -0.127. The monoisotopic (exact) mass is 348 g/mol. The molecule has 1 aliphatic carbocycles. The van der Waals surface area contributed by atoms with Gasteiger partial charge in [0.1, 0.15) is 0 Å². The van der Waals surface area contributed by atoms with Gasteiger partial charge in [-0.2, -0.15) is 0 Å². The van der Waals surface area contributed by atoms with Gasteiger partial charge in [0.25, 0.3) is 0 Å². The Morgan fingerprint density at radius 3 is 2.71 bits per heavy atom. The Hall–Kier alpha value is -1.55. The van der Waals surface area contributed by atoms with Gasteiger partial charge in [-0.15, -0.1) is 0 Å². The van der Waals surface area contributed by atoms with Crippen molar-refractivity contribution in [3.05, 3.63) is 29.3 Å². The van der Waals surface area contributed by atoms with Crippen LogP contribution in [0.15, 0.2) is 24.3 Å². The molecule has 1 saturated heterocycles. The van der Waals surface area contributed by atoms with Gasteiger partial charge in [-0.3, -0.25) is 9.59 Å². The zero-order chi connectivity index (χ0) is 17.1. The molecule has 2 amide bonds. The van der Waals surface area contributed by atoms with Crippen LogP contribution < -0.4 is 10.2 Å². The third kappa shape index (κ3) is 3.92. The highest BCUT2D eigenvalue weighted by molar-refractivity contribution is 6.30. The van der Waals surface area contributed by atoms with Crippen LogP contribution in [0.4, 0.5) is 5.69 Å². The maximum atomic E-state index is 12.5. The van der Waals surface area contributed by atoms with Gasteiger partial charge in [0, 0.05) is 29.7 Å². The van der Waals surface area contributed by atoms with Gasteiger partial charge in [0.05, 0.1) is 5.92 Å². The Bertz CT molecular complexity index is 611. The fraction of sp³-hybridized carbons (Fsp3) is 0.579. The number of carbonyl (C=O) groups is 2. The van der Waals surface area contributed by atoms with E-state index in [1.54, 1.807) is 17.0 Å². The van der Waals surface area contributed by atoms with Crippen LogP contribution in [0.5, 0.6) is 0 Å². The van der Waals surface area contributed by atoms with Crippen LogP contribution >= 0.6 is 11.6 Å². The number of amides is 2. The van der Waals surface area contributed by atoms with Crippen molar-refractivity contribution < 1.29 is 9.59 Å². The lowest BCUT2D eigenvalue weighted by atomic mass is 9.84. The van der Waals surface area contributed by atoms with Crippen LogP contribution in [0.1, 0.15) is 45.4 Å². The zero-order valence-corrected chi connectivity index (χ0v) is 14.9. The lowest BCUT2D eigenvalue weighted by Crippen LogP contribution is -2.41. The number of halogens is 1. The summed E-state index contributed by atoms with van der Waals surface area (Å²) in [7, 11) is 0. The quantitative estimate of drug-likeness (QED) is 0.900. The second kappa shape index (κ2) is 7.56. The summed E-state index contributed by atoms with van der Waals surface area (Å²) in [6.07, 6.45) is 6.01. The van der Waals surface area contributed by atoms with Gasteiger partial charge in [-0.05, 0) is 49.8 Å². The minimum Gasteiger partial charge on any atom is -0.353 e. The molecular weight excluding hydrogens is 324 g/mol. The highest BCUT2D eigenvalue weighted by Crippen LogP contribution is 2.29. The first-order valence-corrected chi connectivity index (χ1v) is 9.31. The number of hydrogen-bond acceptors (Lipinski definition) is 2. The van der Waals surface area contributed by atoms with E-state index in [1.807, 2.05) is 12.1 Å². The maximum absolute atomic E-state index is 12.5. The molecule has 0 bridgehead atoms. The second-order valence-electron chi connectivity index (χ2n) is 7.02. The maximum Gasteiger partial charge on any atom is 0.227 e. The molecule has 0 radical (unpaired) electrons. The van der Waals surface area contributed by atoms with Crippen LogP contribution in [0.25, 0.3) is 0 Å². The molecule has 0 aromatic heterocycles. The molecule has 2 fully saturated rings. The first-order valence-electron chi connectivity index (χ1n) is 8.93. The molecule has 24 heavy (non-hydrogen) atoms. The van der Waals surface area contributed by atoms with E-state index in [0.717, 1.165) is 24.4 Å². The van der Waals surface area contributed by atoms with Gasteiger partial charge in [0.15, 0.2) is 0 Å². The van der Waals surface area contributed by atoms with Gasteiger partial charge in [0.2, 0.25) is 11.8 Å². The Morgan fingerprint density at radius 2 is 2.04 bits per heavy atom. The Balaban J connectivity index is 1.56. The lowest BCUT2D eigenvalue weighted by Gasteiger charge is -2.29. The van der Waals surface area contributed by atoms with Crippen LogP contribution in [-0.4, -0.2) is 24.4 Å². The van der Waals surface area contributed by atoms with E-state index in [0.29, 0.717) is 11.6 Å². The van der Waals surface area contributed by atoms with Gasteiger partial charge < -0.3 is 10.2 Å². The van der Waals surface area contributed by atoms with Crippen LogP contribution in [0, 0.1) is 11.8 Å². The molecule has 130 valence electrons. The Labute approximate surface area is 148 Å². The van der Waals surface area contributed by atoms with Crippen LogP contribution in [0.3, 0.4) is 0 Å². The van der Waals surface area contributed by atoms with E-state index >= 15 is 0 Å². The molecule has 3 rings (SSSR count). The largest absolute Gasteiger partial charge is 0.353 e. The number of benzene rings is 1. The van der Waals surface area contributed by atoms with Crippen molar-refractivity contribution in [2.24, 2.45) is 11.8 Å². The first kappa shape index (κ1) is 17.3. The van der Waals surface area contributed by atoms with Crippen molar-refractivity contribution >= 4 is 29.1 Å². The molecule has 1 heterocycles. The summed E-state index contributed by atoms with van der Waals surface area (Å²) in [5.74, 6) is 0.560. The number of nitrogens with one attached hydrogen (secondary N) is 1. The molecule has 1 aliphatic heterocycles. The molecule has 5 heteroatoms. The predicted molar refractivity (Wildman–Crippen MR) is 96.1 cm³/mol. The molecule has 0 unspecified atom stereocenters. The summed E-state index contributed by atoms with van der Waals surface area (Å²) >= 11 is 6.01. The Morgan fingerprint density at radius 1 is 1.29 bits per heavy atom. The molecule has 0 spiro atoms. The van der Waals surface area contributed by atoms with Crippen LogP contribution in [0.2, 0.25) is 5.02 Å². The van der Waals surface area contributed by atoms with Crippen molar-refractivity contribution in [3.8, 4) is 0 Å². The number of hydrogen-bond donors (Lipinski definition) is 1. The molecule has 1 aromatic carbocycles. The third-order valence-electron chi connectivity index (χ3n) is 5.39. The smallest absolute Gasteiger partial charge is 0.227 e. The molecule has 2 aliphatic rings. The highest BCUT2D eigenvalue weighted by Gasteiger charge is 2.36. The summed E-state index contributed by atoms with van der Waals surface area (Å²) < 4.78 is 0. The van der Waals surface area contributed by atoms with E-state index < -0.39 is 0 Å². The van der Waals surface area contributed by atoms with Crippen molar-refractivity contribution in [2.45, 2.75) is 51.5 Å². The molecule has 1 aromatic rings. The SMILES string of the molecule is CCC1CCC(NC(=O)[C@H]2CC(=O)N(c3cccc(Cl)c3)C2)CC1. The normalized spacial score (nSPS) is 27.3. The van der Waals surface area contributed by atoms with Crippen LogP contribution in [-0.2, 0) is 9.59 Å². The fourth-order valence-corrected chi connectivity index (χ4v) is 4.00. The summed E-state index contributed by atoms with van der Waals surface area (Å²) in [6, 6.07) is 7.50. The molecule has 1 N–H and O–H groups in total. The summed E-state index contributed by atoms with van der Waals surface area (Å²) in [5.41, 5.74) is 0.770. The van der Waals surface area contributed by atoms with E-state index in [4.69, 9.17) is 11.6 Å². The summed E-state index contributed by atoms with van der Waals surface area (Å²) in [5, 5.41) is 3.76. The van der Waals surface area contributed by atoms with E-state index in [1.165, 1.54) is 19.3 Å². The molecule has 4 nitrogen and oxygen atoms in total. The van der Waals surface area contributed by atoms with E-state index in [-0.39, 0.29) is 30.2 Å². The number of rotatable bonds is 4. The molecular formula is C19H25ClN2O2. The zero-order valence-electron chi connectivity index (χ0n) is 14.1. The predicted octanol–water partition coefficient (Wildman–Crippen LogP) is 3.78. The molecule has 1 atom stereocenters. The standard InChI is InChI=1S/C19H25ClN2O2/c1-2-13-6-8-16(9-7-13)21-19(24)14-10-18(23)22(12-14)17-5-3-4-15(20)11-17/h3-5,11,13-14,16H,2,6-10,12H2,1H3,(H,21,24)/t13?,14-,16?/m0/s1. The highest BCUT2D eigenvalue weighted by atomic mass is 35.5. The average Bonchev–Trinajstić information content (AvgIpc) is 2.97. The average molecular weight is 349 g/mol. The van der Waals surface area contributed by atoms with Gasteiger partial charge in [-0.25, -0.2) is 0 Å². The molecule has 1 saturated carbocycles. The fourth-order valence-electron chi connectivity index (χ4n) is 3.81. The summed E-state index contributed by atoms with van der Waals surface area (Å²) in [6.45, 7) is 2.67. The number of anilines is 1. The van der Waals surface area contributed by atoms with Crippen molar-refractivity contribution in [3.63, 3.8) is 0 Å². The Kier molecular flexibility index (Phi) is 5.44. The van der Waals surface area contributed by atoms with E-state index in [9.17, 15) is 9.59 Å². The minimum absolute atomic E-state index is 0.00731. The minimum atomic E-state index is -0.264. The summed E-state index contributed by atoms with van der Waals surface area (Å²) in [4.78, 5) is 26.5. The van der Waals surface area contributed by atoms with Gasteiger partial charge >= 0.3 is 0 Å². The number of carbonyl (C=O) groups excluding carboxylic acids is 2. The topological polar surface area (TPSA) is 49.4 Å². The number of nitrogens with zero attached hydrogens (tertiary/aromatic N) is 1. The third-order valence-corrected chi connectivity index (χ3v) is 5.62. The van der Waals surface area contributed by atoms with Gasteiger partial charge in [-0.1, -0.05) is 31.0 Å². The van der Waals surface area contributed by atoms with Crippen molar-refractivity contribution in [2.75, 3.05) is 11.4 Å². The van der Waals surface area contributed by atoms with Crippen molar-refractivity contribution in [1.82, 2.24) is 5.32 Å². The van der Waals surface area contributed by atoms with E-state index in [2.05, 4.69) is 12.2 Å². The second-order valence-corrected chi connectivity index (χ2v) is 7.46. The first-order chi connectivity index (χ1) is 11.6.